The zero-order chi connectivity index (χ0) is 12.5. The van der Waals surface area contributed by atoms with E-state index in [9.17, 15) is 0 Å². The van der Waals surface area contributed by atoms with Crippen LogP contribution in [-0.4, -0.2) is 31.4 Å². The molecule has 0 spiro atoms. The quantitative estimate of drug-likeness (QED) is 0.808. The lowest BCUT2D eigenvalue weighted by atomic mass is 10.1. The van der Waals surface area contributed by atoms with Crippen molar-refractivity contribution in [1.82, 2.24) is 24.8 Å². The summed E-state index contributed by atoms with van der Waals surface area (Å²) >= 11 is 5.04. The van der Waals surface area contributed by atoms with E-state index in [1.807, 2.05) is 19.3 Å². The first-order chi connectivity index (χ1) is 8.70. The molecule has 0 saturated carbocycles. The van der Waals surface area contributed by atoms with Crippen LogP contribution in [0.2, 0.25) is 0 Å². The fraction of sp³-hybridized carbons (Fsp3) is 0.417. The molecule has 0 amide bonds. The van der Waals surface area contributed by atoms with Crippen LogP contribution in [0.15, 0.2) is 12.4 Å². The lowest BCUT2D eigenvalue weighted by molar-refractivity contribution is 0.237. The third-order valence-corrected chi connectivity index (χ3v) is 3.39. The fourth-order valence-corrected chi connectivity index (χ4v) is 2.48. The Balaban J connectivity index is 1.75. The van der Waals surface area contributed by atoms with E-state index in [2.05, 4.69) is 24.8 Å². The summed E-state index contributed by atoms with van der Waals surface area (Å²) in [5.41, 5.74) is 3.56. The number of aromatic nitrogens is 4. The first kappa shape index (κ1) is 11.6. The zero-order valence-electron chi connectivity index (χ0n) is 10.2. The van der Waals surface area contributed by atoms with Gasteiger partial charge in [0.1, 0.15) is 5.82 Å². The van der Waals surface area contributed by atoms with Crippen molar-refractivity contribution in [2.45, 2.75) is 26.4 Å². The molecule has 6 heteroatoms. The Kier molecular flexibility index (Phi) is 2.97. The topological polar surface area (TPSA) is 60.6 Å². The van der Waals surface area contributed by atoms with Crippen molar-refractivity contribution >= 4 is 12.2 Å². The van der Waals surface area contributed by atoms with Crippen molar-refractivity contribution in [3.63, 3.8) is 0 Å². The van der Waals surface area contributed by atoms with Crippen LogP contribution in [-0.2, 0) is 19.5 Å². The Labute approximate surface area is 110 Å². The smallest absolute Gasteiger partial charge is 0.196 e. The Morgan fingerprint density at radius 1 is 1.33 bits per heavy atom. The molecular formula is C12H15N5S. The largest absolute Gasteiger partial charge is 0.345 e. The minimum absolute atomic E-state index is 0.573. The molecule has 94 valence electrons. The van der Waals surface area contributed by atoms with Crippen molar-refractivity contribution in [2.75, 3.05) is 6.54 Å². The number of aryl methyl sites for hydroxylation is 1. The van der Waals surface area contributed by atoms with Gasteiger partial charge in [-0.05, 0) is 19.1 Å². The number of hydrogen-bond acceptors (Lipinski definition) is 4. The Morgan fingerprint density at radius 3 is 3.00 bits per heavy atom. The predicted octanol–water partition coefficient (Wildman–Crippen LogP) is 1.73. The summed E-state index contributed by atoms with van der Waals surface area (Å²) < 4.78 is 0.573. The third kappa shape index (κ3) is 2.34. The molecule has 3 rings (SSSR count). The van der Waals surface area contributed by atoms with Crippen molar-refractivity contribution in [1.29, 1.82) is 0 Å². The van der Waals surface area contributed by atoms with E-state index >= 15 is 0 Å². The second-order valence-electron chi connectivity index (χ2n) is 4.67. The van der Waals surface area contributed by atoms with Gasteiger partial charge in [0.05, 0.1) is 6.54 Å². The normalized spacial score (nSPS) is 15.6. The van der Waals surface area contributed by atoms with Crippen LogP contribution < -0.4 is 0 Å². The standard InChI is InChI=1S/C12H15N5S/c1-8-4-13-11(15-8)7-17-3-2-10-9(6-17)5-14-12(18)16-10/h4-5H,2-3,6-7H2,1H3,(H,13,15)(H,14,16,18). The van der Waals surface area contributed by atoms with Gasteiger partial charge in [-0.3, -0.25) is 4.90 Å². The van der Waals surface area contributed by atoms with Gasteiger partial charge in [-0.2, -0.15) is 0 Å². The molecular weight excluding hydrogens is 246 g/mol. The van der Waals surface area contributed by atoms with E-state index in [0.29, 0.717) is 4.77 Å². The lowest BCUT2D eigenvalue weighted by Crippen LogP contribution is -2.31. The second-order valence-corrected chi connectivity index (χ2v) is 5.05. The molecule has 0 aromatic carbocycles. The summed E-state index contributed by atoms with van der Waals surface area (Å²) in [6.07, 6.45) is 4.74. The average molecular weight is 261 g/mol. The highest BCUT2D eigenvalue weighted by Crippen LogP contribution is 2.17. The average Bonchev–Trinajstić information content (AvgIpc) is 2.75. The van der Waals surface area contributed by atoms with Crippen LogP contribution >= 0.6 is 12.2 Å². The molecule has 5 nitrogen and oxygen atoms in total. The maximum Gasteiger partial charge on any atom is 0.196 e. The molecule has 0 saturated heterocycles. The van der Waals surface area contributed by atoms with E-state index in [1.165, 1.54) is 11.3 Å². The van der Waals surface area contributed by atoms with Gasteiger partial charge < -0.3 is 9.97 Å². The van der Waals surface area contributed by atoms with Crippen LogP contribution in [0.5, 0.6) is 0 Å². The maximum atomic E-state index is 5.04. The molecule has 2 N–H and O–H groups in total. The van der Waals surface area contributed by atoms with E-state index in [4.69, 9.17) is 12.2 Å². The molecule has 18 heavy (non-hydrogen) atoms. The minimum Gasteiger partial charge on any atom is -0.345 e. The minimum atomic E-state index is 0.573. The van der Waals surface area contributed by atoms with Gasteiger partial charge in [0.15, 0.2) is 4.77 Å². The number of rotatable bonds is 2. The lowest BCUT2D eigenvalue weighted by Gasteiger charge is -2.27. The van der Waals surface area contributed by atoms with Crippen LogP contribution in [0.1, 0.15) is 22.8 Å². The van der Waals surface area contributed by atoms with E-state index in [-0.39, 0.29) is 0 Å². The number of aromatic amines is 2. The third-order valence-electron chi connectivity index (χ3n) is 3.18. The van der Waals surface area contributed by atoms with Crippen molar-refractivity contribution in [3.05, 3.63) is 39.9 Å². The highest BCUT2D eigenvalue weighted by atomic mass is 32.1. The van der Waals surface area contributed by atoms with Gasteiger partial charge in [0, 0.05) is 48.9 Å². The number of nitrogens with one attached hydrogen (secondary N) is 2. The number of imidazole rings is 1. The summed E-state index contributed by atoms with van der Waals surface area (Å²) in [5.74, 6) is 1.02. The number of fused-ring (bicyclic) bond motifs is 1. The van der Waals surface area contributed by atoms with Gasteiger partial charge in [-0.1, -0.05) is 0 Å². The molecule has 1 aliphatic rings. The van der Waals surface area contributed by atoms with Crippen LogP contribution in [0.3, 0.4) is 0 Å². The second kappa shape index (κ2) is 4.62. The predicted molar refractivity (Wildman–Crippen MR) is 70.6 cm³/mol. The Bertz CT molecular complexity index is 615. The van der Waals surface area contributed by atoms with Gasteiger partial charge in [0.2, 0.25) is 0 Å². The molecule has 2 aromatic heterocycles. The molecule has 0 aliphatic carbocycles. The number of nitrogens with zero attached hydrogens (tertiary/aromatic N) is 3. The Hall–Kier alpha value is -1.53. The summed E-state index contributed by atoms with van der Waals surface area (Å²) in [6, 6.07) is 0. The fourth-order valence-electron chi connectivity index (χ4n) is 2.30. The zero-order valence-corrected chi connectivity index (χ0v) is 11.0. The van der Waals surface area contributed by atoms with E-state index in [1.54, 1.807) is 0 Å². The summed E-state index contributed by atoms with van der Waals surface area (Å²) in [5, 5.41) is 0. The molecule has 3 heterocycles. The molecule has 0 radical (unpaired) electrons. The first-order valence-electron chi connectivity index (χ1n) is 6.00. The molecule has 0 fully saturated rings. The van der Waals surface area contributed by atoms with Crippen molar-refractivity contribution in [2.24, 2.45) is 0 Å². The van der Waals surface area contributed by atoms with Gasteiger partial charge in [-0.25, -0.2) is 9.97 Å². The monoisotopic (exact) mass is 261 g/mol. The summed E-state index contributed by atoms with van der Waals surface area (Å²) in [6.45, 7) is 4.78. The van der Waals surface area contributed by atoms with Crippen molar-refractivity contribution in [3.8, 4) is 0 Å². The summed E-state index contributed by atoms with van der Waals surface area (Å²) in [7, 11) is 0. The number of hydrogen-bond donors (Lipinski definition) is 2. The highest BCUT2D eigenvalue weighted by molar-refractivity contribution is 7.71. The van der Waals surface area contributed by atoms with Crippen LogP contribution in [0, 0.1) is 11.7 Å². The Morgan fingerprint density at radius 2 is 2.22 bits per heavy atom. The van der Waals surface area contributed by atoms with E-state index in [0.717, 1.165) is 37.6 Å². The van der Waals surface area contributed by atoms with Crippen LogP contribution in [0.4, 0.5) is 0 Å². The number of H-pyrrole nitrogens is 2. The molecule has 0 bridgehead atoms. The van der Waals surface area contributed by atoms with Gasteiger partial charge in [-0.15, -0.1) is 0 Å². The van der Waals surface area contributed by atoms with Crippen molar-refractivity contribution < 1.29 is 0 Å². The van der Waals surface area contributed by atoms with Gasteiger partial charge >= 0.3 is 0 Å². The molecule has 0 atom stereocenters. The van der Waals surface area contributed by atoms with Crippen LogP contribution in [0.25, 0.3) is 0 Å². The molecule has 2 aromatic rings. The molecule has 0 unspecified atom stereocenters. The summed E-state index contributed by atoms with van der Waals surface area (Å²) in [4.78, 5) is 17.3. The first-order valence-corrected chi connectivity index (χ1v) is 6.41. The van der Waals surface area contributed by atoms with Gasteiger partial charge in [0.25, 0.3) is 0 Å². The molecule has 1 aliphatic heterocycles. The SMILES string of the molecule is Cc1cnc(CN2CCc3[nH]c(=S)ncc3C2)[nH]1. The van der Waals surface area contributed by atoms with E-state index < -0.39 is 0 Å². The maximum absolute atomic E-state index is 5.04. The highest BCUT2D eigenvalue weighted by Gasteiger charge is 2.17.